The number of aliphatic hydroxyl groups is 1. The summed E-state index contributed by atoms with van der Waals surface area (Å²) in [6, 6.07) is 13.3. The van der Waals surface area contributed by atoms with Gasteiger partial charge in [-0.25, -0.2) is 8.78 Å². The van der Waals surface area contributed by atoms with E-state index in [9.17, 15) is 13.9 Å². The summed E-state index contributed by atoms with van der Waals surface area (Å²) < 4.78 is 31.6. The van der Waals surface area contributed by atoms with Gasteiger partial charge in [0.2, 0.25) is 0 Å². The number of hydrogen-bond donors (Lipinski definition) is 2. The zero-order chi connectivity index (χ0) is 16.7. The minimum Gasteiger partial charge on any atom is -0.389 e. The minimum absolute atomic E-state index is 0.200. The number of rotatable bonds is 8. The number of halogens is 2. The van der Waals surface area contributed by atoms with E-state index < -0.39 is 17.7 Å². The highest BCUT2D eigenvalue weighted by Gasteiger charge is 2.11. The third-order valence-electron chi connectivity index (χ3n) is 3.53. The molecule has 2 aromatic carbocycles. The third kappa shape index (κ3) is 5.71. The summed E-state index contributed by atoms with van der Waals surface area (Å²) in [6.45, 7) is 2.77. The van der Waals surface area contributed by atoms with Crippen LogP contribution in [0.3, 0.4) is 0 Å². The predicted molar refractivity (Wildman–Crippen MR) is 84.9 cm³/mol. The molecule has 2 rings (SSSR count). The Hall–Kier alpha value is -1.82. The van der Waals surface area contributed by atoms with Gasteiger partial charge in [0.05, 0.1) is 19.3 Å². The molecule has 2 N–H and O–H groups in total. The van der Waals surface area contributed by atoms with Crippen LogP contribution in [-0.4, -0.2) is 24.4 Å². The zero-order valence-corrected chi connectivity index (χ0v) is 13.0. The predicted octanol–water partition coefficient (Wildman–Crippen LogP) is 3.19. The van der Waals surface area contributed by atoms with Crippen molar-refractivity contribution < 1.29 is 18.6 Å². The fourth-order valence-corrected chi connectivity index (χ4v) is 2.16. The smallest absolute Gasteiger partial charge is 0.159 e. The average molecular weight is 321 g/mol. The molecule has 0 amide bonds. The van der Waals surface area contributed by atoms with Crippen molar-refractivity contribution in [2.45, 2.75) is 25.7 Å². The highest BCUT2D eigenvalue weighted by molar-refractivity contribution is 5.20. The zero-order valence-electron chi connectivity index (χ0n) is 13.0. The molecular formula is C18H21F2NO2. The molecule has 0 saturated carbocycles. The molecule has 3 nitrogen and oxygen atoms in total. The molecule has 0 spiro atoms. The maximum absolute atomic E-state index is 13.2. The summed E-state index contributed by atoms with van der Waals surface area (Å²) in [4.78, 5) is 0. The van der Waals surface area contributed by atoms with E-state index in [1.54, 1.807) is 0 Å². The molecule has 0 saturated heterocycles. The molecule has 0 fully saturated rings. The lowest BCUT2D eigenvalue weighted by atomic mass is 10.1. The van der Waals surface area contributed by atoms with Gasteiger partial charge in [0.25, 0.3) is 0 Å². The van der Waals surface area contributed by atoms with Crippen molar-refractivity contribution in [1.82, 2.24) is 5.32 Å². The van der Waals surface area contributed by atoms with Crippen LogP contribution >= 0.6 is 0 Å². The van der Waals surface area contributed by atoms with E-state index in [1.165, 1.54) is 6.07 Å². The third-order valence-corrected chi connectivity index (χ3v) is 3.53. The summed E-state index contributed by atoms with van der Waals surface area (Å²) in [5.74, 6) is -1.74. The van der Waals surface area contributed by atoms with Crippen LogP contribution in [0.25, 0.3) is 0 Å². The number of ether oxygens (including phenoxy) is 1. The summed E-state index contributed by atoms with van der Waals surface area (Å²) >= 11 is 0. The number of benzene rings is 2. The maximum Gasteiger partial charge on any atom is 0.159 e. The fraction of sp³-hybridized carbons (Fsp3) is 0.333. The highest BCUT2D eigenvalue weighted by atomic mass is 19.2. The van der Waals surface area contributed by atoms with Crippen LogP contribution < -0.4 is 5.32 Å². The number of nitrogens with one attached hydrogen (secondary N) is 1. The summed E-state index contributed by atoms with van der Waals surface area (Å²) in [7, 11) is 0. The van der Waals surface area contributed by atoms with Gasteiger partial charge < -0.3 is 15.2 Å². The first-order valence-electron chi connectivity index (χ1n) is 7.54. The molecule has 23 heavy (non-hydrogen) atoms. The summed E-state index contributed by atoms with van der Waals surface area (Å²) in [5.41, 5.74) is 1.67. The van der Waals surface area contributed by atoms with Crippen molar-refractivity contribution in [2.24, 2.45) is 0 Å². The molecule has 0 radical (unpaired) electrons. The first-order chi connectivity index (χ1) is 11.1. The van der Waals surface area contributed by atoms with E-state index >= 15 is 0 Å². The fourth-order valence-electron chi connectivity index (χ4n) is 2.16. The lowest BCUT2D eigenvalue weighted by Crippen LogP contribution is -2.32. The second-order valence-corrected chi connectivity index (χ2v) is 5.46. The van der Waals surface area contributed by atoms with E-state index in [1.807, 2.05) is 37.3 Å². The lowest BCUT2D eigenvalue weighted by molar-refractivity contribution is 0.0278. The number of aliphatic hydroxyl groups excluding tert-OH is 1. The van der Waals surface area contributed by atoms with Crippen molar-refractivity contribution in [1.29, 1.82) is 0 Å². The molecule has 0 aliphatic rings. The van der Waals surface area contributed by atoms with E-state index in [4.69, 9.17) is 4.74 Å². The Bertz CT molecular complexity index is 607. The van der Waals surface area contributed by atoms with Gasteiger partial charge in [-0.3, -0.25) is 0 Å². The van der Waals surface area contributed by atoms with Gasteiger partial charge in [-0.2, -0.15) is 0 Å². The Labute approximate surface area is 134 Å². The van der Waals surface area contributed by atoms with E-state index in [2.05, 4.69) is 5.32 Å². The van der Waals surface area contributed by atoms with Crippen LogP contribution in [-0.2, 0) is 11.3 Å². The van der Waals surface area contributed by atoms with Crippen molar-refractivity contribution in [2.75, 3.05) is 13.2 Å². The van der Waals surface area contributed by atoms with E-state index in [0.717, 1.165) is 17.7 Å². The monoisotopic (exact) mass is 321 g/mol. The molecule has 0 aromatic heterocycles. The quantitative estimate of drug-likeness (QED) is 0.784. The molecule has 2 atom stereocenters. The molecule has 0 aliphatic heterocycles. The molecule has 0 heterocycles. The molecule has 0 aliphatic carbocycles. The number of hydrogen-bond acceptors (Lipinski definition) is 3. The van der Waals surface area contributed by atoms with Crippen LogP contribution in [0.1, 0.15) is 24.1 Å². The van der Waals surface area contributed by atoms with Crippen LogP contribution in [0.2, 0.25) is 0 Å². The van der Waals surface area contributed by atoms with Gasteiger partial charge in [-0.15, -0.1) is 0 Å². The highest BCUT2D eigenvalue weighted by Crippen LogP contribution is 2.15. The first kappa shape index (κ1) is 17.5. The second-order valence-electron chi connectivity index (χ2n) is 5.46. The van der Waals surface area contributed by atoms with Crippen LogP contribution in [0.15, 0.2) is 48.5 Å². The summed E-state index contributed by atoms with van der Waals surface area (Å²) in [6.07, 6.45) is -0.675. The standard InChI is InChI=1S/C18H21F2NO2/c1-13(15-7-8-17(19)18(20)9-15)21-10-16(22)12-23-11-14-5-3-2-4-6-14/h2-9,13,16,21-22H,10-12H2,1H3. The molecule has 124 valence electrons. The van der Waals surface area contributed by atoms with Crippen molar-refractivity contribution >= 4 is 0 Å². The van der Waals surface area contributed by atoms with Gasteiger partial charge in [-0.05, 0) is 30.2 Å². The Morgan fingerprint density at radius 1 is 1.09 bits per heavy atom. The Morgan fingerprint density at radius 3 is 2.52 bits per heavy atom. The normalized spacial score (nSPS) is 13.7. The first-order valence-corrected chi connectivity index (χ1v) is 7.54. The van der Waals surface area contributed by atoms with Gasteiger partial charge in [0.15, 0.2) is 11.6 Å². The average Bonchev–Trinajstić information content (AvgIpc) is 2.56. The Balaban J connectivity index is 1.71. The van der Waals surface area contributed by atoms with Crippen LogP contribution in [0.5, 0.6) is 0 Å². The molecule has 5 heteroatoms. The topological polar surface area (TPSA) is 41.5 Å². The van der Waals surface area contributed by atoms with Crippen molar-refractivity contribution in [3.05, 3.63) is 71.3 Å². The summed E-state index contributed by atoms with van der Waals surface area (Å²) in [5, 5.41) is 13.0. The molecule has 0 bridgehead atoms. The van der Waals surface area contributed by atoms with Gasteiger partial charge in [0, 0.05) is 12.6 Å². The van der Waals surface area contributed by atoms with Gasteiger partial charge in [-0.1, -0.05) is 36.4 Å². The van der Waals surface area contributed by atoms with Crippen molar-refractivity contribution in [3.63, 3.8) is 0 Å². The van der Waals surface area contributed by atoms with Gasteiger partial charge in [0.1, 0.15) is 0 Å². The Kier molecular flexibility index (Phi) is 6.65. The lowest BCUT2D eigenvalue weighted by Gasteiger charge is -2.18. The second kappa shape index (κ2) is 8.72. The molecule has 2 aromatic rings. The van der Waals surface area contributed by atoms with Crippen LogP contribution in [0.4, 0.5) is 8.78 Å². The molecular weight excluding hydrogens is 300 g/mol. The van der Waals surface area contributed by atoms with Crippen molar-refractivity contribution in [3.8, 4) is 0 Å². The maximum atomic E-state index is 13.2. The van der Waals surface area contributed by atoms with Crippen LogP contribution in [0, 0.1) is 11.6 Å². The largest absolute Gasteiger partial charge is 0.389 e. The van der Waals surface area contributed by atoms with Gasteiger partial charge >= 0.3 is 0 Å². The molecule has 2 unspecified atom stereocenters. The van der Waals surface area contributed by atoms with E-state index in [0.29, 0.717) is 18.7 Å². The SMILES string of the molecule is CC(NCC(O)COCc1ccccc1)c1ccc(F)c(F)c1. The van der Waals surface area contributed by atoms with E-state index in [-0.39, 0.29) is 12.6 Å². The minimum atomic E-state index is -0.872. The Morgan fingerprint density at radius 2 is 1.83 bits per heavy atom.